The maximum Gasteiger partial charge on any atom is 3.00 e. The van der Waals surface area contributed by atoms with Gasteiger partial charge < -0.3 is 39.3 Å². The van der Waals surface area contributed by atoms with E-state index in [4.69, 9.17) is 28.4 Å². The zero-order chi connectivity index (χ0) is 8.12. The van der Waals surface area contributed by atoms with Gasteiger partial charge in [0.25, 0.3) is 0 Å². The van der Waals surface area contributed by atoms with Gasteiger partial charge in [0.2, 0.25) is 0 Å². The molecule has 78 valence electrons. The van der Waals surface area contributed by atoms with Crippen LogP contribution in [0.1, 0.15) is 0 Å². The third kappa shape index (κ3) is 649. The van der Waals surface area contributed by atoms with E-state index < -0.39 is 26.1 Å². The molecule has 8 nitrogen and oxygen atoms in total. The van der Waals surface area contributed by atoms with E-state index in [-0.39, 0.29) is 37.2 Å². The van der Waals surface area contributed by atoms with Crippen molar-refractivity contribution in [2.75, 3.05) is 0 Å². The predicted molar refractivity (Wildman–Crippen MR) is 44.2 cm³/mol. The van der Waals surface area contributed by atoms with Crippen molar-refractivity contribution < 1.29 is 39.3 Å². The van der Waals surface area contributed by atoms with Gasteiger partial charge in [-0.05, 0) is 26.1 Å². The van der Waals surface area contributed by atoms with E-state index in [9.17, 15) is 0 Å². The molecule has 0 saturated heterocycles. The number of hydrogen-bond donors (Lipinski definition) is 0. The molecule has 0 heterocycles. The summed E-state index contributed by atoms with van der Waals surface area (Å²) in [6, 6.07) is 0. The summed E-state index contributed by atoms with van der Waals surface area (Å²) in [6.45, 7) is 0. The van der Waals surface area contributed by atoms with Crippen molar-refractivity contribution in [2.45, 2.75) is 0 Å². The van der Waals surface area contributed by atoms with Crippen LogP contribution in [0.2, 0.25) is 0 Å². The van der Waals surface area contributed by atoms with Crippen molar-refractivity contribution in [1.29, 1.82) is 0 Å². The second kappa shape index (κ2) is 83.7. The van der Waals surface area contributed by atoms with Gasteiger partial charge in [-0.25, -0.2) is 0 Å². The Morgan fingerprint density at radius 3 is 0.667 bits per heavy atom. The van der Waals surface area contributed by atoms with Gasteiger partial charge in [0.1, 0.15) is 0 Å². The molecule has 0 aromatic carbocycles. The molecule has 0 fully saturated rings. The molecule has 0 saturated carbocycles. The van der Waals surface area contributed by atoms with Crippen molar-refractivity contribution in [3.05, 3.63) is 0 Å². The monoisotopic (exact) mass is 440 g/mol. The Labute approximate surface area is 91.6 Å². The summed E-state index contributed by atoms with van der Waals surface area (Å²) in [7, 11) is -5.25. The van der Waals surface area contributed by atoms with Gasteiger partial charge >= 0.3 is 26.2 Å². The fourth-order valence-corrected chi connectivity index (χ4v) is 0. The van der Waals surface area contributed by atoms with Gasteiger partial charge in [0.05, 0.1) is 0 Å². The summed E-state index contributed by atoms with van der Waals surface area (Å²) in [5.41, 5.74) is 0. The van der Waals surface area contributed by atoms with Crippen molar-refractivity contribution in [3.8, 4) is 0 Å². The molecule has 2 radical (unpaired) electrons. The first-order valence-corrected chi connectivity index (χ1v) is 4.24. The molecule has 0 aliphatic heterocycles. The van der Waals surface area contributed by atoms with Crippen LogP contribution in [-0.4, -0.2) is 37.2 Å². The minimum absolute atomic E-state index is 0. The SMILES string of the molecule is O.O.O=[PH2][O-].O=[PH2][O-].O=[PH2][O-].[Bi+3]. The molecule has 0 aliphatic rings. The van der Waals surface area contributed by atoms with Crippen molar-refractivity contribution in [2.24, 2.45) is 0 Å². The summed E-state index contributed by atoms with van der Waals surface area (Å²) in [6.07, 6.45) is 0. The van der Waals surface area contributed by atoms with Gasteiger partial charge in [-0.3, -0.25) is 0 Å². The summed E-state index contributed by atoms with van der Waals surface area (Å²) < 4.78 is 25.4. The van der Waals surface area contributed by atoms with Gasteiger partial charge in [-0.1, -0.05) is 0 Å². The van der Waals surface area contributed by atoms with Crippen LogP contribution in [0.3, 0.4) is 0 Å². The molecule has 0 aliphatic carbocycles. The zero-order valence-corrected chi connectivity index (χ0v) is 12.6. The van der Waals surface area contributed by atoms with E-state index in [0.717, 1.165) is 0 Å². The Bertz CT molecular complexity index is 51.1. The van der Waals surface area contributed by atoms with E-state index in [1.54, 1.807) is 0 Å². The second-order valence-corrected chi connectivity index (χ2v) is 0.866. The van der Waals surface area contributed by atoms with E-state index in [0.29, 0.717) is 0 Å². The molecular formula is H10BiO8P3. The Hall–Kier alpha value is 1.37. The molecule has 0 rings (SSSR count). The average Bonchev–Trinajstić information content (AvgIpc) is 1.70. The van der Waals surface area contributed by atoms with E-state index in [1.807, 2.05) is 0 Å². The van der Waals surface area contributed by atoms with Crippen molar-refractivity contribution in [1.82, 2.24) is 0 Å². The molecule has 0 spiro atoms. The maximum absolute atomic E-state index is 8.46. The fraction of sp³-hybridized carbons (Fsp3) is 0. The first-order chi connectivity index (χ1) is 4.24. The first-order valence-electron chi connectivity index (χ1n) is 1.41. The van der Waals surface area contributed by atoms with Crippen LogP contribution >= 0.6 is 26.1 Å². The van der Waals surface area contributed by atoms with E-state index in [2.05, 4.69) is 0 Å². The van der Waals surface area contributed by atoms with Gasteiger partial charge in [-0.15, -0.1) is 0 Å². The van der Waals surface area contributed by atoms with Crippen LogP contribution in [0, 0.1) is 0 Å². The Balaban J connectivity index is -0.00000001000. The molecule has 4 N–H and O–H groups in total. The molecule has 0 amide bonds. The summed E-state index contributed by atoms with van der Waals surface area (Å²) in [5, 5.41) is 0. The minimum Gasteiger partial charge on any atom is -0.804 e. The standard InChI is InChI=1S/Bi.3H3O2P.2H2O/c;3*1-3-2;;/h;3*3H2,(H,1,2);2*1H2/q+3;;;;;/p-3. The summed E-state index contributed by atoms with van der Waals surface area (Å²) in [4.78, 5) is 25.4. The van der Waals surface area contributed by atoms with Crippen molar-refractivity contribution >= 4 is 52.3 Å². The fourth-order valence-electron chi connectivity index (χ4n) is 0. The molecule has 0 aromatic rings. The van der Waals surface area contributed by atoms with Gasteiger partial charge in [0.15, 0.2) is 0 Å². The van der Waals surface area contributed by atoms with Crippen LogP contribution in [0.4, 0.5) is 0 Å². The second-order valence-electron chi connectivity index (χ2n) is 0.289. The maximum atomic E-state index is 8.46. The average molecular weight is 440 g/mol. The molecule has 12 heteroatoms. The largest absolute Gasteiger partial charge is 3.00 e. The number of hydrogen-bond acceptors (Lipinski definition) is 6. The molecule has 12 heavy (non-hydrogen) atoms. The minimum atomic E-state index is -1.75. The third-order valence-corrected chi connectivity index (χ3v) is 0. The van der Waals surface area contributed by atoms with Crippen LogP contribution in [-0.2, 0) is 13.7 Å². The molecular weight excluding hydrogens is 430 g/mol. The predicted octanol–water partition coefficient (Wildman–Crippen LogP) is -4.98. The molecule has 0 bridgehead atoms. The first kappa shape index (κ1) is 37.7. The van der Waals surface area contributed by atoms with E-state index >= 15 is 0 Å². The van der Waals surface area contributed by atoms with Gasteiger partial charge in [-0.2, -0.15) is 0 Å². The van der Waals surface area contributed by atoms with Crippen LogP contribution in [0.15, 0.2) is 0 Å². The van der Waals surface area contributed by atoms with Crippen LogP contribution < -0.4 is 14.7 Å². The topological polar surface area (TPSA) is 183 Å². The molecule has 0 aromatic heterocycles. The normalized spacial score (nSPS) is 7.25. The molecule has 3 atom stereocenters. The van der Waals surface area contributed by atoms with Crippen molar-refractivity contribution in [3.63, 3.8) is 0 Å². The van der Waals surface area contributed by atoms with E-state index in [1.165, 1.54) is 0 Å². The summed E-state index contributed by atoms with van der Waals surface area (Å²) >= 11 is 0. The Kier molecular flexibility index (Phi) is 263. The Morgan fingerprint density at radius 1 is 0.667 bits per heavy atom. The number of rotatable bonds is 0. The quantitative estimate of drug-likeness (QED) is 0.268. The molecule has 3 unspecified atom stereocenters. The smallest absolute Gasteiger partial charge is 0.804 e. The van der Waals surface area contributed by atoms with Gasteiger partial charge in [0, 0.05) is 0 Å². The third-order valence-electron chi connectivity index (χ3n) is 0. The van der Waals surface area contributed by atoms with Crippen LogP contribution in [0.5, 0.6) is 0 Å². The Morgan fingerprint density at radius 2 is 0.667 bits per heavy atom. The zero-order valence-electron chi connectivity index (χ0n) is 5.63. The van der Waals surface area contributed by atoms with Crippen LogP contribution in [0.25, 0.3) is 0 Å². The summed E-state index contributed by atoms with van der Waals surface area (Å²) in [5.74, 6) is 0.